The van der Waals surface area contributed by atoms with Gasteiger partial charge in [0.1, 0.15) is 5.75 Å². The lowest BCUT2D eigenvalue weighted by atomic mass is 10.1. The van der Waals surface area contributed by atoms with Crippen molar-refractivity contribution in [2.75, 3.05) is 12.8 Å². The van der Waals surface area contributed by atoms with Crippen molar-refractivity contribution in [3.8, 4) is 17.8 Å². The second-order valence-corrected chi connectivity index (χ2v) is 4.31. The largest absolute Gasteiger partial charge is 0.467 e. The zero-order valence-corrected chi connectivity index (χ0v) is 11.7. The second kappa shape index (κ2) is 6.70. The molecule has 20 heavy (non-hydrogen) atoms. The Balaban J connectivity index is 2.07. The van der Waals surface area contributed by atoms with Gasteiger partial charge in [0.15, 0.2) is 0 Å². The molecular weight excluding hydrogens is 256 g/mol. The number of nitrogen functional groups attached to an aromatic ring is 1. The second-order valence-electron chi connectivity index (χ2n) is 4.31. The first-order chi connectivity index (χ1) is 9.71. The molecule has 0 aliphatic rings. The Kier molecular flexibility index (Phi) is 4.70. The van der Waals surface area contributed by atoms with Gasteiger partial charge in [0, 0.05) is 0 Å². The summed E-state index contributed by atoms with van der Waals surface area (Å²) in [5, 5.41) is 0. The van der Waals surface area contributed by atoms with Gasteiger partial charge in [-0.15, -0.1) is 4.98 Å². The topological polar surface area (TPSA) is 83.2 Å². The van der Waals surface area contributed by atoms with Gasteiger partial charge < -0.3 is 15.2 Å². The Bertz CT molecular complexity index is 558. The summed E-state index contributed by atoms with van der Waals surface area (Å²) in [5.74, 6) is 0.712. The molecule has 0 atom stereocenters. The molecule has 6 nitrogen and oxygen atoms in total. The fraction of sp³-hybridized carbons (Fsp3) is 0.357. The van der Waals surface area contributed by atoms with Gasteiger partial charge in [-0.3, -0.25) is 0 Å². The Morgan fingerprint density at radius 2 is 1.75 bits per heavy atom. The Labute approximate surface area is 118 Å². The van der Waals surface area contributed by atoms with Crippen LogP contribution in [-0.2, 0) is 6.42 Å². The monoisotopic (exact) mass is 274 g/mol. The molecule has 0 aliphatic carbocycles. The minimum atomic E-state index is 0.0615. The van der Waals surface area contributed by atoms with Gasteiger partial charge in [0.25, 0.3) is 0 Å². The molecule has 0 aliphatic heterocycles. The summed E-state index contributed by atoms with van der Waals surface area (Å²) in [7, 11) is 1.46. The molecule has 0 saturated carbocycles. The van der Waals surface area contributed by atoms with Crippen LogP contribution in [-0.4, -0.2) is 22.1 Å². The standard InChI is InChI=1S/C14H18N4O2/c1-3-4-5-10-6-8-11(9-7-10)20-14-17-12(15)16-13(18-14)19-2/h6-9H,3-5H2,1-2H3,(H2,15,16,17,18). The smallest absolute Gasteiger partial charge is 0.330 e. The van der Waals surface area contributed by atoms with Crippen molar-refractivity contribution in [1.82, 2.24) is 15.0 Å². The number of ether oxygens (including phenoxy) is 2. The molecule has 1 aromatic heterocycles. The van der Waals surface area contributed by atoms with Gasteiger partial charge in [-0.25, -0.2) is 0 Å². The highest BCUT2D eigenvalue weighted by atomic mass is 16.5. The van der Waals surface area contributed by atoms with E-state index in [2.05, 4.69) is 21.9 Å². The lowest BCUT2D eigenvalue weighted by Crippen LogP contribution is -2.02. The van der Waals surface area contributed by atoms with Crippen LogP contribution < -0.4 is 15.2 Å². The van der Waals surface area contributed by atoms with E-state index in [1.54, 1.807) is 0 Å². The van der Waals surface area contributed by atoms with Crippen LogP contribution in [0.25, 0.3) is 0 Å². The van der Waals surface area contributed by atoms with Crippen LogP contribution in [0.3, 0.4) is 0 Å². The quantitative estimate of drug-likeness (QED) is 0.871. The maximum absolute atomic E-state index is 5.55. The summed E-state index contributed by atoms with van der Waals surface area (Å²) >= 11 is 0. The van der Waals surface area contributed by atoms with Gasteiger partial charge in [-0.2, -0.15) is 9.97 Å². The predicted molar refractivity (Wildman–Crippen MR) is 75.9 cm³/mol. The van der Waals surface area contributed by atoms with Crippen LogP contribution >= 0.6 is 0 Å². The molecule has 0 amide bonds. The number of hydrogen-bond donors (Lipinski definition) is 1. The molecule has 106 valence electrons. The zero-order chi connectivity index (χ0) is 14.4. The molecule has 0 bridgehead atoms. The van der Waals surface area contributed by atoms with Crippen LogP contribution in [0.2, 0.25) is 0 Å². The van der Waals surface area contributed by atoms with E-state index < -0.39 is 0 Å². The highest BCUT2D eigenvalue weighted by molar-refractivity contribution is 5.30. The van der Waals surface area contributed by atoms with E-state index in [0.29, 0.717) is 5.75 Å². The average molecular weight is 274 g/mol. The van der Waals surface area contributed by atoms with Crippen molar-refractivity contribution in [3.05, 3.63) is 29.8 Å². The molecule has 1 heterocycles. The molecule has 0 unspecified atom stereocenters. The molecule has 1 aromatic carbocycles. The number of benzene rings is 1. The number of anilines is 1. The van der Waals surface area contributed by atoms with E-state index in [9.17, 15) is 0 Å². The SMILES string of the molecule is CCCCc1ccc(Oc2nc(N)nc(OC)n2)cc1. The molecule has 2 aromatic rings. The third kappa shape index (κ3) is 3.81. The maximum atomic E-state index is 5.55. The first-order valence-corrected chi connectivity index (χ1v) is 6.53. The Hall–Kier alpha value is -2.37. The number of methoxy groups -OCH3 is 1. The van der Waals surface area contributed by atoms with Crippen LogP contribution in [0.5, 0.6) is 17.8 Å². The number of aryl methyl sites for hydroxylation is 1. The number of nitrogens with two attached hydrogens (primary N) is 1. The van der Waals surface area contributed by atoms with Gasteiger partial charge in [0.2, 0.25) is 5.95 Å². The maximum Gasteiger partial charge on any atom is 0.330 e. The molecule has 2 N–H and O–H groups in total. The van der Waals surface area contributed by atoms with E-state index >= 15 is 0 Å². The van der Waals surface area contributed by atoms with Crippen LogP contribution in [0, 0.1) is 0 Å². The van der Waals surface area contributed by atoms with Crippen molar-refractivity contribution in [2.45, 2.75) is 26.2 Å². The number of unbranched alkanes of at least 4 members (excludes halogenated alkanes) is 1. The van der Waals surface area contributed by atoms with Gasteiger partial charge >= 0.3 is 12.0 Å². The molecule has 0 fully saturated rings. The Morgan fingerprint density at radius 3 is 2.40 bits per heavy atom. The number of nitrogens with zero attached hydrogens (tertiary/aromatic N) is 3. The zero-order valence-electron chi connectivity index (χ0n) is 11.7. The number of aromatic nitrogens is 3. The third-order valence-electron chi connectivity index (χ3n) is 2.75. The highest BCUT2D eigenvalue weighted by Gasteiger charge is 2.06. The summed E-state index contributed by atoms with van der Waals surface area (Å²) in [5.41, 5.74) is 6.83. The Morgan fingerprint density at radius 1 is 1.05 bits per heavy atom. The molecule has 6 heteroatoms. The van der Waals surface area contributed by atoms with Crippen LogP contribution in [0.4, 0.5) is 5.95 Å². The molecule has 0 spiro atoms. The fourth-order valence-corrected chi connectivity index (χ4v) is 1.70. The average Bonchev–Trinajstić information content (AvgIpc) is 2.46. The summed E-state index contributed by atoms with van der Waals surface area (Å²) in [6.07, 6.45) is 3.44. The lowest BCUT2D eigenvalue weighted by molar-refractivity contribution is 0.360. The highest BCUT2D eigenvalue weighted by Crippen LogP contribution is 2.20. The van der Waals surface area contributed by atoms with Crippen LogP contribution in [0.1, 0.15) is 25.3 Å². The first-order valence-electron chi connectivity index (χ1n) is 6.53. The molecular formula is C14H18N4O2. The number of rotatable bonds is 6. The van der Waals surface area contributed by atoms with E-state index in [-0.39, 0.29) is 18.0 Å². The van der Waals surface area contributed by atoms with Crippen molar-refractivity contribution in [1.29, 1.82) is 0 Å². The van der Waals surface area contributed by atoms with Crippen LogP contribution in [0.15, 0.2) is 24.3 Å². The van der Waals surface area contributed by atoms with Crippen molar-refractivity contribution < 1.29 is 9.47 Å². The molecule has 2 rings (SSSR count). The summed E-state index contributed by atoms with van der Waals surface area (Å²) in [6.45, 7) is 2.18. The summed E-state index contributed by atoms with van der Waals surface area (Å²) < 4.78 is 10.5. The minimum absolute atomic E-state index is 0.0615. The lowest BCUT2D eigenvalue weighted by Gasteiger charge is -2.06. The third-order valence-corrected chi connectivity index (χ3v) is 2.75. The van der Waals surface area contributed by atoms with Crippen molar-refractivity contribution in [3.63, 3.8) is 0 Å². The van der Waals surface area contributed by atoms with Crippen molar-refractivity contribution in [2.24, 2.45) is 0 Å². The van der Waals surface area contributed by atoms with Gasteiger partial charge in [0.05, 0.1) is 7.11 Å². The van der Waals surface area contributed by atoms with Gasteiger partial charge in [-0.05, 0) is 30.5 Å². The van der Waals surface area contributed by atoms with E-state index in [1.165, 1.54) is 25.5 Å². The number of hydrogen-bond acceptors (Lipinski definition) is 6. The first kappa shape index (κ1) is 14.0. The summed E-state index contributed by atoms with van der Waals surface area (Å²) in [6, 6.07) is 8.09. The molecule has 0 saturated heterocycles. The van der Waals surface area contributed by atoms with Crippen molar-refractivity contribution >= 4 is 5.95 Å². The molecule has 0 radical (unpaired) electrons. The van der Waals surface area contributed by atoms with E-state index in [1.807, 2.05) is 24.3 Å². The minimum Gasteiger partial charge on any atom is -0.467 e. The van der Waals surface area contributed by atoms with E-state index in [0.717, 1.165) is 6.42 Å². The predicted octanol–water partition coefficient (Wildman–Crippen LogP) is 2.60. The normalized spacial score (nSPS) is 10.3. The fourth-order valence-electron chi connectivity index (χ4n) is 1.70. The summed E-state index contributed by atoms with van der Waals surface area (Å²) in [4.78, 5) is 11.7. The van der Waals surface area contributed by atoms with E-state index in [4.69, 9.17) is 15.2 Å². The van der Waals surface area contributed by atoms with Gasteiger partial charge in [-0.1, -0.05) is 25.5 Å².